The van der Waals surface area contributed by atoms with Crippen molar-refractivity contribution >= 4 is 28.1 Å². The van der Waals surface area contributed by atoms with Crippen LogP contribution in [0, 0.1) is 0 Å². The van der Waals surface area contributed by atoms with Gasteiger partial charge in [-0.05, 0) is 12.1 Å². The van der Waals surface area contributed by atoms with E-state index in [4.69, 9.17) is 5.73 Å². The van der Waals surface area contributed by atoms with Crippen LogP contribution < -0.4 is 11.1 Å². The van der Waals surface area contributed by atoms with Gasteiger partial charge in [0.25, 0.3) is 0 Å². The van der Waals surface area contributed by atoms with Crippen molar-refractivity contribution in [3.8, 4) is 0 Å². The summed E-state index contributed by atoms with van der Waals surface area (Å²) in [6, 6.07) is 5.11. The van der Waals surface area contributed by atoms with Crippen molar-refractivity contribution in [2.75, 3.05) is 36.2 Å². The predicted molar refractivity (Wildman–Crippen MR) is 74.2 cm³/mol. The highest BCUT2D eigenvalue weighted by Gasteiger charge is 2.12. The summed E-state index contributed by atoms with van der Waals surface area (Å²) in [5, 5.41) is 3.07. The molecule has 0 aliphatic heterocycles. The van der Waals surface area contributed by atoms with Crippen LogP contribution in [-0.2, 0) is 15.5 Å². The van der Waals surface area contributed by atoms with E-state index < -0.39 is 16.8 Å². The molecule has 100 valence electrons. The lowest BCUT2D eigenvalue weighted by molar-refractivity contribution is 0.0602. The van der Waals surface area contributed by atoms with Gasteiger partial charge >= 0.3 is 5.97 Å². The van der Waals surface area contributed by atoms with Crippen LogP contribution >= 0.6 is 0 Å². The average Bonchev–Trinajstić information content (AvgIpc) is 2.39. The van der Waals surface area contributed by atoms with Crippen molar-refractivity contribution in [2.45, 2.75) is 6.92 Å². The third-order valence-electron chi connectivity index (χ3n) is 2.48. The first-order valence-electron chi connectivity index (χ1n) is 5.65. The second kappa shape index (κ2) is 7.00. The number of carbonyl (C=O) groups excluding carboxylic acids is 1. The lowest BCUT2D eigenvalue weighted by atomic mass is 10.1. The fraction of sp³-hybridized carbons (Fsp3) is 0.417. The first-order valence-corrected chi connectivity index (χ1v) is 7.14. The van der Waals surface area contributed by atoms with Gasteiger partial charge in [-0.3, -0.25) is 4.21 Å². The first-order chi connectivity index (χ1) is 8.60. The number of nitrogens with one attached hydrogen (secondary N) is 1. The van der Waals surface area contributed by atoms with Crippen LogP contribution in [0.3, 0.4) is 0 Å². The van der Waals surface area contributed by atoms with E-state index in [1.165, 1.54) is 7.11 Å². The van der Waals surface area contributed by atoms with Gasteiger partial charge in [0.05, 0.1) is 24.0 Å². The van der Waals surface area contributed by atoms with Gasteiger partial charge in [-0.25, -0.2) is 4.79 Å². The Labute approximate surface area is 109 Å². The van der Waals surface area contributed by atoms with Crippen molar-refractivity contribution in [3.63, 3.8) is 0 Å². The minimum Gasteiger partial charge on any atom is -0.465 e. The number of esters is 1. The largest absolute Gasteiger partial charge is 0.465 e. The Morgan fingerprint density at radius 3 is 2.83 bits per heavy atom. The zero-order chi connectivity index (χ0) is 13.5. The number of rotatable bonds is 6. The van der Waals surface area contributed by atoms with Gasteiger partial charge in [-0.2, -0.15) is 0 Å². The highest BCUT2D eigenvalue weighted by molar-refractivity contribution is 7.84. The Bertz CT molecular complexity index is 449. The molecule has 5 nitrogen and oxygen atoms in total. The maximum Gasteiger partial charge on any atom is 0.340 e. The number of para-hydroxylation sites is 1. The summed E-state index contributed by atoms with van der Waals surface area (Å²) in [6.07, 6.45) is 0. The van der Waals surface area contributed by atoms with E-state index in [1.807, 2.05) is 6.92 Å². The van der Waals surface area contributed by atoms with Gasteiger partial charge < -0.3 is 15.8 Å². The Morgan fingerprint density at radius 1 is 1.50 bits per heavy atom. The van der Waals surface area contributed by atoms with Crippen LogP contribution in [0.2, 0.25) is 0 Å². The molecular formula is C12H18N2O3S. The summed E-state index contributed by atoms with van der Waals surface area (Å²) in [5.74, 6) is 0.728. The molecule has 0 saturated carbocycles. The van der Waals surface area contributed by atoms with Gasteiger partial charge in [-0.1, -0.05) is 13.0 Å². The van der Waals surface area contributed by atoms with Gasteiger partial charge in [0.15, 0.2) is 0 Å². The lowest BCUT2D eigenvalue weighted by Gasteiger charge is -2.11. The predicted octanol–water partition coefficient (Wildman–Crippen LogP) is 1.24. The molecule has 0 aromatic heterocycles. The molecule has 0 aliphatic rings. The summed E-state index contributed by atoms with van der Waals surface area (Å²) in [4.78, 5) is 11.4. The summed E-state index contributed by atoms with van der Waals surface area (Å²) >= 11 is 0. The molecule has 6 heteroatoms. The second-order valence-electron chi connectivity index (χ2n) is 3.62. The number of nitrogens with two attached hydrogens (primary N) is 1. The molecule has 0 bridgehead atoms. The minimum absolute atomic E-state index is 0.333. The molecule has 0 amide bonds. The topological polar surface area (TPSA) is 81.4 Å². The minimum atomic E-state index is -0.818. The molecular weight excluding hydrogens is 252 g/mol. The quantitative estimate of drug-likeness (QED) is 0.600. The highest BCUT2D eigenvalue weighted by Crippen LogP contribution is 2.23. The normalized spacial score (nSPS) is 11.9. The van der Waals surface area contributed by atoms with Crippen LogP contribution in [-0.4, -0.2) is 35.3 Å². The number of nitrogen functional groups attached to an aromatic ring is 1. The van der Waals surface area contributed by atoms with E-state index in [-0.39, 0.29) is 0 Å². The Hall–Kier alpha value is -1.56. The number of anilines is 2. The summed E-state index contributed by atoms with van der Waals surface area (Å²) in [6.45, 7) is 2.43. The Morgan fingerprint density at radius 2 is 2.22 bits per heavy atom. The van der Waals surface area contributed by atoms with E-state index >= 15 is 0 Å². The van der Waals surface area contributed by atoms with Crippen LogP contribution in [0.25, 0.3) is 0 Å². The number of ether oxygens (including phenoxy) is 1. The zero-order valence-corrected chi connectivity index (χ0v) is 11.4. The molecule has 1 unspecified atom stereocenters. The molecule has 0 fully saturated rings. The molecule has 18 heavy (non-hydrogen) atoms. The fourth-order valence-corrected chi connectivity index (χ4v) is 2.07. The third kappa shape index (κ3) is 3.73. The molecule has 3 N–H and O–H groups in total. The molecule has 0 heterocycles. The van der Waals surface area contributed by atoms with Gasteiger partial charge in [-0.15, -0.1) is 0 Å². The Kier molecular flexibility index (Phi) is 5.64. The maximum atomic E-state index is 11.4. The smallest absolute Gasteiger partial charge is 0.340 e. The average molecular weight is 270 g/mol. The standard InChI is InChI=1S/C12H18N2O3S/c1-3-18(16)8-7-14-10-6-4-5-9(11(10)13)12(15)17-2/h4-6,14H,3,7-8,13H2,1-2H3. The molecule has 1 aromatic carbocycles. The molecule has 0 spiro atoms. The van der Waals surface area contributed by atoms with Crippen molar-refractivity contribution in [1.82, 2.24) is 0 Å². The molecule has 0 saturated heterocycles. The van der Waals surface area contributed by atoms with Crippen LogP contribution in [0.4, 0.5) is 11.4 Å². The highest BCUT2D eigenvalue weighted by atomic mass is 32.2. The number of hydrogen-bond donors (Lipinski definition) is 2. The van der Waals surface area contributed by atoms with E-state index in [9.17, 15) is 9.00 Å². The van der Waals surface area contributed by atoms with Gasteiger partial charge in [0.2, 0.25) is 0 Å². The maximum absolute atomic E-state index is 11.4. The molecule has 0 radical (unpaired) electrons. The molecule has 1 aromatic rings. The zero-order valence-electron chi connectivity index (χ0n) is 10.6. The van der Waals surface area contributed by atoms with Crippen molar-refractivity contribution < 1.29 is 13.7 Å². The molecule has 1 atom stereocenters. The van der Waals surface area contributed by atoms with E-state index in [2.05, 4.69) is 10.1 Å². The number of hydrogen-bond acceptors (Lipinski definition) is 5. The second-order valence-corrected chi connectivity index (χ2v) is 5.48. The lowest BCUT2D eigenvalue weighted by Crippen LogP contribution is -2.14. The Balaban J connectivity index is 2.72. The van der Waals surface area contributed by atoms with Gasteiger partial charge in [0, 0.05) is 28.9 Å². The van der Waals surface area contributed by atoms with Gasteiger partial charge in [0.1, 0.15) is 0 Å². The summed E-state index contributed by atoms with van der Waals surface area (Å²) < 4.78 is 15.9. The van der Waals surface area contributed by atoms with E-state index in [1.54, 1.807) is 18.2 Å². The molecule has 0 aliphatic carbocycles. The number of methoxy groups -OCH3 is 1. The molecule has 1 rings (SSSR count). The van der Waals surface area contributed by atoms with Crippen LogP contribution in [0.5, 0.6) is 0 Å². The monoisotopic (exact) mass is 270 g/mol. The summed E-state index contributed by atoms with van der Waals surface area (Å²) in [7, 11) is 0.494. The SMILES string of the molecule is CCS(=O)CCNc1cccc(C(=O)OC)c1N. The van der Waals surface area contributed by atoms with Crippen molar-refractivity contribution in [2.24, 2.45) is 0 Å². The van der Waals surface area contributed by atoms with Crippen molar-refractivity contribution in [3.05, 3.63) is 23.8 Å². The van der Waals surface area contributed by atoms with Crippen LogP contribution in [0.15, 0.2) is 18.2 Å². The fourth-order valence-electron chi connectivity index (χ4n) is 1.45. The van der Waals surface area contributed by atoms with Crippen LogP contribution in [0.1, 0.15) is 17.3 Å². The number of carbonyl (C=O) groups is 1. The van der Waals surface area contributed by atoms with E-state index in [0.29, 0.717) is 35.0 Å². The third-order valence-corrected chi connectivity index (χ3v) is 3.78. The number of benzene rings is 1. The van der Waals surface area contributed by atoms with E-state index in [0.717, 1.165) is 0 Å². The summed E-state index contributed by atoms with van der Waals surface area (Å²) in [5.41, 5.74) is 7.21. The first kappa shape index (κ1) is 14.5. The van der Waals surface area contributed by atoms with Crippen molar-refractivity contribution in [1.29, 1.82) is 0 Å².